The van der Waals surface area contributed by atoms with E-state index in [0.29, 0.717) is 0 Å². The molecule has 0 radical (unpaired) electrons. The van der Waals surface area contributed by atoms with Gasteiger partial charge >= 0.3 is 0 Å². The molecule has 0 atom stereocenters. The molecule has 5 nitrogen and oxygen atoms in total. The van der Waals surface area contributed by atoms with Crippen molar-refractivity contribution < 1.29 is 0 Å². The Hall–Kier alpha value is -2.82. The minimum atomic E-state index is 0.261. The zero-order valence-corrected chi connectivity index (χ0v) is 10.1. The fraction of sp³-hybridized carbons (Fsp3) is 0. The molecule has 0 amide bonds. The number of nitrogen functional groups attached to an aromatic ring is 1. The van der Waals surface area contributed by atoms with E-state index in [0.717, 1.165) is 22.4 Å². The second-order valence-corrected chi connectivity index (χ2v) is 3.97. The van der Waals surface area contributed by atoms with E-state index < -0.39 is 0 Å². The summed E-state index contributed by atoms with van der Waals surface area (Å²) in [6.45, 7) is 0. The van der Waals surface area contributed by atoms with Gasteiger partial charge < -0.3 is 5.73 Å². The van der Waals surface area contributed by atoms with E-state index in [1.807, 2.05) is 30.3 Å². The van der Waals surface area contributed by atoms with Gasteiger partial charge in [-0.05, 0) is 11.6 Å². The third kappa shape index (κ3) is 2.26. The largest absolute Gasteiger partial charge is 0.368 e. The second-order valence-electron chi connectivity index (χ2n) is 3.97. The molecule has 19 heavy (non-hydrogen) atoms. The van der Waals surface area contributed by atoms with E-state index in [4.69, 9.17) is 5.73 Å². The Bertz CT molecular complexity index is 697. The van der Waals surface area contributed by atoms with Crippen molar-refractivity contribution in [2.24, 2.45) is 0 Å². The van der Waals surface area contributed by atoms with Crippen molar-refractivity contribution in [1.29, 1.82) is 0 Å². The maximum absolute atomic E-state index is 5.64. The van der Waals surface area contributed by atoms with Gasteiger partial charge in [-0.3, -0.25) is 0 Å². The van der Waals surface area contributed by atoms with Gasteiger partial charge in [-0.2, -0.15) is 0 Å². The van der Waals surface area contributed by atoms with Crippen molar-refractivity contribution in [2.45, 2.75) is 0 Å². The highest BCUT2D eigenvalue weighted by atomic mass is 15.0. The van der Waals surface area contributed by atoms with Gasteiger partial charge in [0.2, 0.25) is 5.95 Å². The SMILES string of the molecule is Nc1nccc(-c2ccccc2-c2cncnc2)n1. The molecule has 0 saturated carbocycles. The first kappa shape index (κ1) is 11.3. The lowest BCUT2D eigenvalue weighted by Crippen LogP contribution is -1.96. The van der Waals surface area contributed by atoms with Crippen LogP contribution in [0.1, 0.15) is 0 Å². The summed E-state index contributed by atoms with van der Waals surface area (Å²) in [6, 6.07) is 9.76. The van der Waals surface area contributed by atoms with Crippen molar-refractivity contribution in [2.75, 3.05) is 5.73 Å². The second kappa shape index (κ2) is 4.81. The van der Waals surface area contributed by atoms with Crippen LogP contribution >= 0.6 is 0 Å². The summed E-state index contributed by atoms with van der Waals surface area (Å²) in [7, 11) is 0. The van der Waals surface area contributed by atoms with Crippen molar-refractivity contribution in [1.82, 2.24) is 19.9 Å². The first-order valence-corrected chi connectivity index (χ1v) is 5.78. The normalized spacial score (nSPS) is 10.3. The Morgan fingerprint density at radius 1 is 0.895 bits per heavy atom. The molecular weight excluding hydrogens is 238 g/mol. The average Bonchev–Trinajstić information content (AvgIpc) is 2.48. The lowest BCUT2D eigenvalue weighted by Gasteiger charge is -2.08. The monoisotopic (exact) mass is 249 g/mol. The van der Waals surface area contributed by atoms with Crippen LogP contribution in [-0.4, -0.2) is 19.9 Å². The zero-order valence-electron chi connectivity index (χ0n) is 10.1. The molecule has 3 aromatic rings. The van der Waals surface area contributed by atoms with Gasteiger partial charge in [-0.15, -0.1) is 0 Å². The number of nitrogens with two attached hydrogens (primary N) is 1. The number of rotatable bonds is 2. The van der Waals surface area contributed by atoms with Crippen LogP contribution in [0.5, 0.6) is 0 Å². The minimum absolute atomic E-state index is 0.261. The first-order valence-electron chi connectivity index (χ1n) is 5.78. The summed E-state index contributed by atoms with van der Waals surface area (Å²) >= 11 is 0. The van der Waals surface area contributed by atoms with E-state index in [-0.39, 0.29) is 5.95 Å². The van der Waals surface area contributed by atoms with Gasteiger partial charge in [0.1, 0.15) is 6.33 Å². The molecule has 1 aromatic carbocycles. The molecule has 0 aliphatic rings. The summed E-state index contributed by atoms with van der Waals surface area (Å²) in [4.78, 5) is 16.3. The quantitative estimate of drug-likeness (QED) is 0.753. The van der Waals surface area contributed by atoms with Crippen LogP contribution in [0.3, 0.4) is 0 Å². The number of hydrogen-bond donors (Lipinski definition) is 1. The molecule has 0 aliphatic carbocycles. The van der Waals surface area contributed by atoms with Crippen LogP contribution in [0.15, 0.2) is 55.2 Å². The van der Waals surface area contributed by atoms with Gasteiger partial charge in [0.25, 0.3) is 0 Å². The lowest BCUT2D eigenvalue weighted by atomic mass is 10.00. The number of anilines is 1. The van der Waals surface area contributed by atoms with Crippen molar-refractivity contribution >= 4 is 5.95 Å². The summed E-state index contributed by atoms with van der Waals surface area (Å²) in [5, 5.41) is 0. The molecule has 3 rings (SSSR count). The van der Waals surface area contributed by atoms with Gasteiger partial charge in [0.05, 0.1) is 5.69 Å². The summed E-state index contributed by atoms with van der Waals surface area (Å²) in [6.07, 6.45) is 6.71. The molecule has 0 aliphatic heterocycles. The van der Waals surface area contributed by atoms with Crippen LogP contribution in [0, 0.1) is 0 Å². The van der Waals surface area contributed by atoms with E-state index in [9.17, 15) is 0 Å². The Labute approximate surface area is 110 Å². The first-order chi connectivity index (χ1) is 9.34. The smallest absolute Gasteiger partial charge is 0.220 e. The van der Waals surface area contributed by atoms with Crippen molar-refractivity contribution in [3.8, 4) is 22.4 Å². The maximum atomic E-state index is 5.64. The highest BCUT2D eigenvalue weighted by molar-refractivity contribution is 5.81. The molecule has 5 heteroatoms. The molecule has 0 spiro atoms. The highest BCUT2D eigenvalue weighted by Crippen LogP contribution is 2.29. The third-order valence-corrected chi connectivity index (χ3v) is 2.75. The molecule has 92 valence electrons. The van der Waals surface area contributed by atoms with Gasteiger partial charge in [-0.1, -0.05) is 24.3 Å². The van der Waals surface area contributed by atoms with Crippen LogP contribution in [0.4, 0.5) is 5.95 Å². The van der Waals surface area contributed by atoms with Crippen molar-refractivity contribution in [3.05, 3.63) is 55.2 Å². The molecular formula is C14H11N5. The Balaban J connectivity index is 2.18. The summed E-state index contributed by atoms with van der Waals surface area (Å²) < 4.78 is 0. The van der Waals surface area contributed by atoms with Crippen LogP contribution in [0.2, 0.25) is 0 Å². The standard InChI is InChI=1S/C14H11N5/c15-14-18-6-5-13(19-14)12-4-2-1-3-11(12)10-7-16-9-17-8-10/h1-9H,(H2,15,18,19). The minimum Gasteiger partial charge on any atom is -0.368 e. The molecule has 0 saturated heterocycles. The van der Waals surface area contributed by atoms with Crippen LogP contribution < -0.4 is 5.73 Å². The summed E-state index contributed by atoms with van der Waals surface area (Å²) in [5.41, 5.74) is 9.36. The van der Waals surface area contributed by atoms with Gasteiger partial charge in [-0.25, -0.2) is 19.9 Å². The molecule has 0 bridgehead atoms. The molecule has 0 unspecified atom stereocenters. The summed E-state index contributed by atoms with van der Waals surface area (Å²) in [5.74, 6) is 0.261. The number of benzene rings is 1. The predicted molar refractivity (Wildman–Crippen MR) is 72.9 cm³/mol. The molecule has 2 heterocycles. The van der Waals surface area contributed by atoms with Crippen LogP contribution in [0.25, 0.3) is 22.4 Å². The van der Waals surface area contributed by atoms with Crippen molar-refractivity contribution in [3.63, 3.8) is 0 Å². The van der Waals surface area contributed by atoms with E-state index in [1.165, 1.54) is 6.33 Å². The lowest BCUT2D eigenvalue weighted by molar-refractivity contribution is 1.17. The average molecular weight is 249 g/mol. The topological polar surface area (TPSA) is 77.6 Å². The van der Waals surface area contributed by atoms with E-state index >= 15 is 0 Å². The number of hydrogen-bond acceptors (Lipinski definition) is 5. The van der Waals surface area contributed by atoms with Crippen LogP contribution in [-0.2, 0) is 0 Å². The Morgan fingerprint density at radius 3 is 2.37 bits per heavy atom. The fourth-order valence-corrected chi connectivity index (χ4v) is 1.92. The molecule has 0 fully saturated rings. The van der Waals surface area contributed by atoms with Gasteiger partial charge in [0.15, 0.2) is 0 Å². The highest BCUT2D eigenvalue weighted by Gasteiger charge is 2.08. The number of nitrogens with zero attached hydrogens (tertiary/aromatic N) is 4. The fourth-order valence-electron chi connectivity index (χ4n) is 1.92. The zero-order chi connectivity index (χ0) is 13.1. The number of aromatic nitrogens is 4. The Morgan fingerprint density at radius 2 is 1.63 bits per heavy atom. The van der Waals surface area contributed by atoms with E-state index in [1.54, 1.807) is 18.6 Å². The maximum Gasteiger partial charge on any atom is 0.220 e. The van der Waals surface area contributed by atoms with Gasteiger partial charge in [0, 0.05) is 29.7 Å². The molecule has 2 aromatic heterocycles. The predicted octanol–water partition coefficient (Wildman–Crippen LogP) is 2.18. The third-order valence-electron chi connectivity index (χ3n) is 2.75. The molecule has 2 N–H and O–H groups in total. The van der Waals surface area contributed by atoms with E-state index in [2.05, 4.69) is 19.9 Å². The Kier molecular flexibility index (Phi) is 2.86.